The number of amides is 1. The number of aryl methyl sites for hydroxylation is 1. The molecule has 3 aromatic rings. The minimum Gasteiger partial charge on any atom is -0.358 e. The Kier molecular flexibility index (Phi) is 5.98. The van der Waals surface area contributed by atoms with Gasteiger partial charge < -0.3 is 10.2 Å². The highest BCUT2D eigenvalue weighted by Gasteiger charge is 2.40. The number of imidazole rings is 1. The van der Waals surface area contributed by atoms with Gasteiger partial charge in [-0.25, -0.2) is 4.98 Å². The maximum absolute atomic E-state index is 13.2. The van der Waals surface area contributed by atoms with E-state index in [1.165, 1.54) is 10.5 Å². The number of nitrogens with zero attached hydrogens (tertiary/aromatic N) is 5. The quantitative estimate of drug-likeness (QED) is 0.557. The van der Waals surface area contributed by atoms with Gasteiger partial charge in [0.2, 0.25) is 0 Å². The van der Waals surface area contributed by atoms with Gasteiger partial charge in [-0.1, -0.05) is 6.07 Å². The largest absolute Gasteiger partial charge is 0.434 e. The van der Waals surface area contributed by atoms with Crippen LogP contribution in [0, 0.1) is 0 Å². The first-order valence-electron chi connectivity index (χ1n) is 10.5. The minimum atomic E-state index is -4.71. The molecule has 13 heteroatoms. The maximum Gasteiger partial charge on any atom is 0.434 e. The van der Waals surface area contributed by atoms with Crippen LogP contribution in [0.15, 0.2) is 30.6 Å². The lowest BCUT2D eigenvalue weighted by molar-refractivity contribution is -0.144. The van der Waals surface area contributed by atoms with Gasteiger partial charge in [-0.15, -0.1) is 0 Å². The third kappa shape index (κ3) is 4.55. The smallest absolute Gasteiger partial charge is 0.358 e. The summed E-state index contributed by atoms with van der Waals surface area (Å²) in [6, 6.07) is 4.47. The standard InChI is InChI=1S/C21H22F6N6O/c1-31(17-5-3-4-16-30-15(11-33(16)17)20(22,23)24)13-8-6-12(7-9-13)29-19(34)14-10-28-32(2)18(14)21(25,26)27/h3-5,10-13H,6-9H2,1-2H3,(H,29,34)/t12-,13+. The Morgan fingerprint density at radius 2 is 1.76 bits per heavy atom. The van der Waals surface area contributed by atoms with Gasteiger partial charge in [-0.2, -0.15) is 31.4 Å². The topological polar surface area (TPSA) is 67.5 Å². The molecule has 0 bridgehead atoms. The Morgan fingerprint density at radius 1 is 1.09 bits per heavy atom. The van der Waals surface area contributed by atoms with Crippen LogP contribution in [0.4, 0.5) is 32.2 Å². The van der Waals surface area contributed by atoms with Crippen LogP contribution in [-0.4, -0.2) is 44.2 Å². The van der Waals surface area contributed by atoms with Crippen molar-refractivity contribution in [1.82, 2.24) is 24.5 Å². The summed E-state index contributed by atoms with van der Waals surface area (Å²) >= 11 is 0. The average molecular weight is 488 g/mol. The summed E-state index contributed by atoms with van der Waals surface area (Å²) in [6.45, 7) is 0. The molecule has 0 radical (unpaired) electrons. The number of anilines is 1. The molecule has 1 saturated carbocycles. The lowest BCUT2D eigenvalue weighted by Crippen LogP contribution is -2.43. The van der Waals surface area contributed by atoms with Crippen molar-refractivity contribution in [1.29, 1.82) is 0 Å². The number of rotatable bonds is 4. The fourth-order valence-corrected chi connectivity index (χ4v) is 4.42. The van der Waals surface area contributed by atoms with Gasteiger partial charge in [0.1, 0.15) is 11.5 Å². The van der Waals surface area contributed by atoms with E-state index in [2.05, 4.69) is 15.4 Å². The van der Waals surface area contributed by atoms with E-state index < -0.39 is 35.2 Å². The molecule has 0 spiro atoms. The zero-order valence-electron chi connectivity index (χ0n) is 18.3. The zero-order valence-corrected chi connectivity index (χ0v) is 18.3. The van der Waals surface area contributed by atoms with Crippen molar-refractivity contribution in [3.63, 3.8) is 0 Å². The molecule has 0 aromatic carbocycles. The summed E-state index contributed by atoms with van der Waals surface area (Å²) < 4.78 is 81.0. The Labute approximate surface area is 190 Å². The Bertz CT molecular complexity index is 1190. The summed E-state index contributed by atoms with van der Waals surface area (Å²) in [4.78, 5) is 18.0. The molecular formula is C21H22F6N6O. The monoisotopic (exact) mass is 488 g/mol. The molecule has 1 amide bonds. The van der Waals surface area contributed by atoms with Crippen molar-refractivity contribution in [2.75, 3.05) is 11.9 Å². The van der Waals surface area contributed by atoms with Crippen LogP contribution in [-0.2, 0) is 19.4 Å². The van der Waals surface area contributed by atoms with Crippen LogP contribution >= 0.6 is 0 Å². The molecule has 3 aromatic heterocycles. The molecule has 3 heterocycles. The molecule has 34 heavy (non-hydrogen) atoms. The summed E-state index contributed by atoms with van der Waals surface area (Å²) in [6.07, 6.45) is -5.20. The maximum atomic E-state index is 13.2. The van der Waals surface area contributed by atoms with E-state index in [-0.39, 0.29) is 17.7 Å². The molecule has 1 fully saturated rings. The van der Waals surface area contributed by atoms with Crippen LogP contribution in [0.3, 0.4) is 0 Å². The van der Waals surface area contributed by atoms with Gasteiger partial charge in [0.15, 0.2) is 11.4 Å². The first-order valence-corrected chi connectivity index (χ1v) is 10.5. The first kappa shape index (κ1) is 23.9. The number of hydrogen-bond acceptors (Lipinski definition) is 4. The molecule has 0 atom stereocenters. The number of pyridine rings is 1. The molecule has 184 valence electrons. The van der Waals surface area contributed by atoms with Crippen LogP contribution < -0.4 is 10.2 Å². The van der Waals surface area contributed by atoms with Crippen molar-refractivity contribution < 1.29 is 31.1 Å². The van der Waals surface area contributed by atoms with Crippen molar-refractivity contribution >= 4 is 17.4 Å². The van der Waals surface area contributed by atoms with Gasteiger partial charge in [0.25, 0.3) is 5.91 Å². The van der Waals surface area contributed by atoms with Gasteiger partial charge in [0.05, 0.1) is 11.8 Å². The second-order valence-electron chi connectivity index (χ2n) is 8.35. The van der Waals surface area contributed by atoms with E-state index in [0.717, 1.165) is 19.4 Å². The first-order chi connectivity index (χ1) is 15.9. The predicted octanol–water partition coefficient (Wildman–Crippen LogP) is 4.28. The van der Waals surface area contributed by atoms with E-state index in [0.29, 0.717) is 36.2 Å². The second-order valence-corrected chi connectivity index (χ2v) is 8.35. The Hall–Kier alpha value is -3.25. The van der Waals surface area contributed by atoms with Crippen LogP contribution in [0.1, 0.15) is 47.4 Å². The highest BCUT2D eigenvalue weighted by molar-refractivity contribution is 5.95. The lowest BCUT2D eigenvalue weighted by Gasteiger charge is -2.36. The van der Waals surface area contributed by atoms with Crippen molar-refractivity contribution in [3.05, 3.63) is 47.5 Å². The van der Waals surface area contributed by atoms with Crippen molar-refractivity contribution in [3.8, 4) is 0 Å². The van der Waals surface area contributed by atoms with Crippen molar-refractivity contribution in [2.45, 2.75) is 50.1 Å². The van der Waals surface area contributed by atoms with Gasteiger partial charge in [0, 0.05) is 32.4 Å². The molecule has 7 nitrogen and oxygen atoms in total. The van der Waals surface area contributed by atoms with Crippen LogP contribution in [0.2, 0.25) is 0 Å². The second kappa shape index (κ2) is 8.51. The van der Waals surface area contributed by atoms with Gasteiger partial charge in [-0.05, 0) is 37.8 Å². The molecular weight excluding hydrogens is 466 g/mol. The van der Waals surface area contributed by atoms with E-state index >= 15 is 0 Å². The summed E-state index contributed by atoms with van der Waals surface area (Å²) in [5.74, 6) is -0.293. The van der Waals surface area contributed by atoms with Crippen LogP contribution in [0.5, 0.6) is 0 Å². The Morgan fingerprint density at radius 3 is 2.38 bits per heavy atom. The third-order valence-corrected chi connectivity index (χ3v) is 6.15. The summed E-state index contributed by atoms with van der Waals surface area (Å²) in [5.41, 5.74) is -2.44. The number of aromatic nitrogens is 4. The molecule has 1 N–H and O–H groups in total. The van der Waals surface area contributed by atoms with E-state index in [4.69, 9.17) is 0 Å². The molecule has 0 aliphatic heterocycles. The molecule has 1 aliphatic rings. The zero-order chi connectivity index (χ0) is 24.8. The van der Waals surface area contributed by atoms with Crippen LogP contribution in [0.25, 0.3) is 5.65 Å². The van der Waals surface area contributed by atoms with Gasteiger partial charge in [-0.3, -0.25) is 13.9 Å². The molecule has 1 aliphatic carbocycles. The summed E-state index contributed by atoms with van der Waals surface area (Å²) in [5, 5.41) is 6.22. The summed E-state index contributed by atoms with van der Waals surface area (Å²) in [7, 11) is 2.90. The highest BCUT2D eigenvalue weighted by Crippen LogP contribution is 2.33. The normalized spacial score (nSPS) is 19.4. The fraction of sp³-hybridized carbons (Fsp3) is 0.476. The molecule has 4 rings (SSSR count). The SMILES string of the molecule is Cn1ncc(C(=O)N[C@H]2CC[C@@H](N(C)c3cccc4nc(C(F)(F)F)cn34)CC2)c1C(F)(F)F. The fourth-order valence-electron chi connectivity index (χ4n) is 4.42. The minimum absolute atomic E-state index is 0.0281. The van der Waals surface area contributed by atoms with Gasteiger partial charge >= 0.3 is 12.4 Å². The number of hydrogen-bond donors (Lipinski definition) is 1. The molecule has 0 saturated heterocycles. The number of carbonyl (C=O) groups is 1. The average Bonchev–Trinajstić information content (AvgIpc) is 3.37. The van der Waals surface area contributed by atoms with E-state index in [1.54, 1.807) is 19.2 Å². The van der Waals surface area contributed by atoms with E-state index in [1.807, 2.05) is 4.90 Å². The van der Waals surface area contributed by atoms with E-state index in [9.17, 15) is 31.1 Å². The third-order valence-electron chi connectivity index (χ3n) is 6.15. The predicted molar refractivity (Wildman–Crippen MR) is 110 cm³/mol. The number of alkyl halides is 6. The number of fused-ring (bicyclic) bond motifs is 1. The number of nitrogens with one attached hydrogen (secondary N) is 1. The number of carbonyl (C=O) groups excluding carboxylic acids is 1. The Balaban J connectivity index is 1.43. The van der Waals surface area contributed by atoms with Crippen molar-refractivity contribution in [2.24, 2.45) is 7.05 Å². The highest BCUT2D eigenvalue weighted by atomic mass is 19.4. The molecule has 0 unspecified atom stereocenters. The number of halogens is 6. The lowest BCUT2D eigenvalue weighted by atomic mass is 9.90.